The molecular formula is C12H15ClFNO. The SMILES string of the molecule is NCC1(O)CCC(c2c(F)cccc2Cl)C1. The van der Waals surface area contributed by atoms with Crippen molar-refractivity contribution >= 4 is 11.6 Å². The standard InChI is InChI=1S/C12H15ClFNO/c13-9-2-1-3-10(14)11(9)8-4-5-12(16,6-8)7-15/h1-3,8,16H,4-7,15H2. The maximum Gasteiger partial charge on any atom is 0.128 e. The average molecular weight is 244 g/mol. The van der Waals surface area contributed by atoms with E-state index in [-0.39, 0.29) is 18.3 Å². The number of halogens is 2. The van der Waals surface area contributed by atoms with E-state index >= 15 is 0 Å². The van der Waals surface area contributed by atoms with Gasteiger partial charge in [-0.15, -0.1) is 0 Å². The molecule has 2 nitrogen and oxygen atoms in total. The van der Waals surface area contributed by atoms with E-state index in [9.17, 15) is 9.50 Å². The molecule has 1 saturated carbocycles. The molecule has 88 valence electrons. The highest BCUT2D eigenvalue weighted by atomic mass is 35.5. The lowest BCUT2D eigenvalue weighted by Gasteiger charge is -2.20. The summed E-state index contributed by atoms with van der Waals surface area (Å²) in [6.45, 7) is 0.218. The number of hydrogen-bond acceptors (Lipinski definition) is 2. The van der Waals surface area contributed by atoms with Crippen molar-refractivity contribution in [2.45, 2.75) is 30.8 Å². The third-order valence-electron chi connectivity index (χ3n) is 3.37. The van der Waals surface area contributed by atoms with Crippen LogP contribution in [0.5, 0.6) is 0 Å². The van der Waals surface area contributed by atoms with Gasteiger partial charge in [0, 0.05) is 17.1 Å². The molecule has 4 heteroatoms. The highest BCUT2D eigenvalue weighted by molar-refractivity contribution is 6.31. The first-order valence-electron chi connectivity index (χ1n) is 5.42. The van der Waals surface area contributed by atoms with Gasteiger partial charge in [-0.25, -0.2) is 4.39 Å². The maximum absolute atomic E-state index is 13.7. The fraction of sp³-hybridized carbons (Fsp3) is 0.500. The van der Waals surface area contributed by atoms with Crippen molar-refractivity contribution in [2.75, 3.05) is 6.54 Å². The van der Waals surface area contributed by atoms with Crippen LogP contribution in [0.25, 0.3) is 0 Å². The first-order valence-corrected chi connectivity index (χ1v) is 5.80. The van der Waals surface area contributed by atoms with E-state index in [2.05, 4.69) is 0 Å². The van der Waals surface area contributed by atoms with Crippen molar-refractivity contribution in [2.24, 2.45) is 5.73 Å². The van der Waals surface area contributed by atoms with Crippen LogP contribution in [0.3, 0.4) is 0 Å². The van der Waals surface area contributed by atoms with Crippen molar-refractivity contribution in [1.82, 2.24) is 0 Å². The zero-order valence-corrected chi connectivity index (χ0v) is 9.67. The molecule has 2 unspecified atom stereocenters. The molecule has 0 aromatic heterocycles. The van der Waals surface area contributed by atoms with Gasteiger partial charge in [0.05, 0.1) is 5.60 Å². The summed E-state index contributed by atoms with van der Waals surface area (Å²) in [6.07, 6.45) is 1.83. The molecule has 16 heavy (non-hydrogen) atoms. The minimum atomic E-state index is -0.851. The fourth-order valence-electron chi connectivity index (χ4n) is 2.44. The van der Waals surface area contributed by atoms with Crippen molar-refractivity contribution in [3.05, 3.63) is 34.6 Å². The number of rotatable bonds is 2. The van der Waals surface area contributed by atoms with Crippen LogP contribution in [-0.2, 0) is 0 Å². The number of nitrogens with two attached hydrogens (primary N) is 1. The molecule has 1 aromatic carbocycles. The van der Waals surface area contributed by atoms with Gasteiger partial charge in [-0.05, 0) is 37.3 Å². The quantitative estimate of drug-likeness (QED) is 0.838. The van der Waals surface area contributed by atoms with Crippen molar-refractivity contribution < 1.29 is 9.50 Å². The molecule has 0 bridgehead atoms. The van der Waals surface area contributed by atoms with Crippen LogP contribution >= 0.6 is 11.6 Å². The molecule has 1 aliphatic rings. The van der Waals surface area contributed by atoms with Crippen molar-refractivity contribution in [3.8, 4) is 0 Å². The first kappa shape index (κ1) is 11.8. The highest BCUT2D eigenvalue weighted by Gasteiger charge is 2.38. The van der Waals surface area contributed by atoms with E-state index in [0.29, 0.717) is 23.4 Å². The molecule has 0 amide bonds. The maximum atomic E-state index is 13.7. The Morgan fingerprint density at radius 2 is 2.31 bits per heavy atom. The molecule has 0 heterocycles. The Morgan fingerprint density at radius 3 is 2.88 bits per heavy atom. The third-order valence-corrected chi connectivity index (χ3v) is 3.70. The third kappa shape index (κ3) is 2.08. The Bertz CT molecular complexity index is 378. The van der Waals surface area contributed by atoms with Gasteiger partial charge in [-0.1, -0.05) is 17.7 Å². The molecule has 0 radical (unpaired) electrons. The molecular weight excluding hydrogens is 229 g/mol. The smallest absolute Gasteiger partial charge is 0.128 e. The van der Waals surface area contributed by atoms with Crippen molar-refractivity contribution in [3.63, 3.8) is 0 Å². The molecule has 1 aliphatic carbocycles. The van der Waals surface area contributed by atoms with Gasteiger partial charge in [0.2, 0.25) is 0 Å². The van der Waals surface area contributed by atoms with Crippen LogP contribution in [0, 0.1) is 5.82 Å². The Hall–Kier alpha value is -0.640. The lowest BCUT2D eigenvalue weighted by Crippen LogP contribution is -2.34. The Labute approximate surface area is 99.2 Å². The Morgan fingerprint density at radius 1 is 1.56 bits per heavy atom. The predicted molar refractivity (Wildman–Crippen MR) is 62.0 cm³/mol. The van der Waals surface area contributed by atoms with Gasteiger partial charge >= 0.3 is 0 Å². The molecule has 2 atom stereocenters. The van der Waals surface area contributed by atoms with Gasteiger partial charge in [-0.2, -0.15) is 0 Å². The minimum Gasteiger partial charge on any atom is -0.389 e. The second-order valence-electron chi connectivity index (χ2n) is 4.50. The van der Waals surface area contributed by atoms with Crippen LogP contribution in [0.2, 0.25) is 5.02 Å². The van der Waals surface area contributed by atoms with Crippen LogP contribution in [0.4, 0.5) is 4.39 Å². The number of hydrogen-bond donors (Lipinski definition) is 2. The topological polar surface area (TPSA) is 46.2 Å². The van der Waals surface area contributed by atoms with Crippen LogP contribution < -0.4 is 5.73 Å². The molecule has 1 aromatic rings. The largest absolute Gasteiger partial charge is 0.389 e. The Balaban J connectivity index is 2.27. The summed E-state index contributed by atoms with van der Waals surface area (Å²) in [6, 6.07) is 4.67. The van der Waals surface area contributed by atoms with E-state index in [1.807, 2.05) is 0 Å². The van der Waals surface area contributed by atoms with Crippen LogP contribution in [0.15, 0.2) is 18.2 Å². The van der Waals surface area contributed by atoms with E-state index in [4.69, 9.17) is 17.3 Å². The predicted octanol–water partition coefficient (Wildman–Crippen LogP) is 2.44. The summed E-state index contributed by atoms with van der Waals surface area (Å²) in [7, 11) is 0. The summed E-state index contributed by atoms with van der Waals surface area (Å²) in [5.74, 6) is -0.318. The fourth-order valence-corrected chi connectivity index (χ4v) is 2.76. The van der Waals surface area contributed by atoms with E-state index in [0.717, 1.165) is 6.42 Å². The summed E-state index contributed by atoms with van der Waals surface area (Å²) in [5, 5.41) is 10.5. The van der Waals surface area contributed by atoms with E-state index in [1.165, 1.54) is 6.07 Å². The van der Waals surface area contributed by atoms with Gasteiger partial charge in [0.25, 0.3) is 0 Å². The number of aliphatic hydroxyl groups is 1. The second kappa shape index (κ2) is 4.32. The summed E-state index contributed by atoms with van der Waals surface area (Å²) < 4.78 is 13.7. The summed E-state index contributed by atoms with van der Waals surface area (Å²) in [4.78, 5) is 0. The highest BCUT2D eigenvalue weighted by Crippen LogP contribution is 2.43. The molecule has 0 saturated heterocycles. The summed E-state index contributed by atoms with van der Waals surface area (Å²) >= 11 is 5.99. The normalized spacial score (nSPS) is 29.6. The first-order chi connectivity index (χ1) is 7.56. The monoisotopic (exact) mass is 243 g/mol. The lowest BCUT2D eigenvalue weighted by molar-refractivity contribution is 0.0553. The summed E-state index contributed by atoms with van der Waals surface area (Å²) in [5.41, 5.74) is 5.18. The molecule has 1 fully saturated rings. The second-order valence-corrected chi connectivity index (χ2v) is 4.91. The zero-order valence-electron chi connectivity index (χ0n) is 8.92. The van der Waals surface area contributed by atoms with Crippen LogP contribution in [0.1, 0.15) is 30.7 Å². The molecule has 0 spiro atoms. The zero-order chi connectivity index (χ0) is 11.8. The van der Waals surface area contributed by atoms with Crippen LogP contribution in [-0.4, -0.2) is 17.3 Å². The van der Waals surface area contributed by atoms with Gasteiger partial charge < -0.3 is 10.8 Å². The molecule has 2 rings (SSSR count). The minimum absolute atomic E-state index is 0.0257. The van der Waals surface area contributed by atoms with Gasteiger partial charge in [0.15, 0.2) is 0 Å². The molecule has 3 N–H and O–H groups in total. The number of benzene rings is 1. The van der Waals surface area contributed by atoms with Gasteiger partial charge in [-0.3, -0.25) is 0 Å². The van der Waals surface area contributed by atoms with Gasteiger partial charge in [0.1, 0.15) is 5.82 Å². The Kier molecular flexibility index (Phi) is 3.19. The van der Waals surface area contributed by atoms with Crippen molar-refractivity contribution in [1.29, 1.82) is 0 Å². The average Bonchev–Trinajstić information content (AvgIpc) is 2.62. The lowest BCUT2D eigenvalue weighted by atomic mass is 9.94. The van der Waals surface area contributed by atoms with E-state index in [1.54, 1.807) is 12.1 Å². The molecule has 0 aliphatic heterocycles. The van der Waals surface area contributed by atoms with E-state index < -0.39 is 5.60 Å².